The van der Waals surface area contributed by atoms with Gasteiger partial charge in [0.05, 0.1) is 0 Å². The fourth-order valence-electron chi connectivity index (χ4n) is 3.29. The molecule has 5 heteroatoms. The summed E-state index contributed by atoms with van der Waals surface area (Å²) >= 11 is 2.02. The van der Waals surface area contributed by atoms with E-state index >= 15 is 0 Å². The van der Waals surface area contributed by atoms with E-state index in [1.54, 1.807) is 5.56 Å². The van der Waals surface area contributed by atoms with Gasteiger partial charge in [-0.2, -0.15) is 0 Å². The van der Waals surface area contributed by atoms with Crippen LogP contribution in [-0.4, -0.2) is 35.8 Å². The number of benzene rings is 1. The molecule has 0 aromatic heterocycles. The van der Waals surface area contributed by atoms with Crippen molar-refractivity contribution in [3.63, 3.8) is 0 Å². The van der Waals surface area contributed by atoms with Crippen LogP contribution >= 0.6 is 36.6 Å². The molecule has 1 aliphatic heterocycles. The summed E-state index contributed by atoms with van der Waals surface area (Å²) in [6.07, 6.45) is 5.26. The molecule has 1 aliphatic rings. The minimum atomic E-state index is 0. The van der Waals surface area contributed by atoms with Gasteiger partial charge in [0, 0.05) is 41.9 Å². The lowest BCUT2D eigenvalue weighted by molar-refractivity contribution is 0.161. The molecule has 1 fully saturated rings. The van der Waals surface area contributed by atoms with Gasteiger partial charge in [-0.25, -0.2) is 0 Å². The summed E-state index contributed by atoms with van der Waals surface area (Å²) in [5, 5.41) is 3.49. The molecule has 25 heavy (non-hydrogen) atoms. The highest BCUT2D eigenvalue weighted by molar-refractivity contribution is 8.00. The van der Waals surface area contributed by atoms with Crippen molar-refractivity contribution in [3.8, 4) is 0 Å². The molecule has 1 heterocycles. The number of nitrogens with zero attached hydrogens (tertiary/aromatic N) is 1. The van der Waals surface area contributed by atoms with Crippen LogP contribution in [0.25, 0.3) is 0 Å². The van der Waals surface area contributed by atoms with Crippen LogP contribution in [0.1, 0.15) is 65.0 Å². The first-order chi connectivity index (χ1) is 11.0. The van der Waals surface area contributed by atoms with E-state index < -0.39 is 0 Å². The predicted octanol–water partition coefficient (Wildman–Crippen LogP) is 5.95. The zero-order chi connectivity index (χ0) is 16.7. The summed E-state index contributed by atoms with van der Waals surface area (Å²) in [5.74, 6) is 0. The Bertz CT molecular complexity index is 471. The van der Waals surface area contributed by atoms with Crippen molar-refractivity contribution in [2.24, 2.45) is 0 Å². The van der Waals surface area contributed by atoms with Gasteiger partial charge in [0.15, 0.2) is 0 Å². The van der Waals surface area contributed by atoms with E-state index in [1.807, 2.05) is 11.8 Å². The number of thioether (sulfide) groups is 1. The molecule has 1 aromatic carbocycles. The highest BCUT2D eigenvalue weighted by Gasteiger charge is 2.25. The van der Waals surface area contributed by atoms with Crippen LogP contribution in [0.15, 0.2) is 29.2 Å². The second-order valence-electron chi connectivity index (χ2n) is 7.55. The Morgan fingerprint density at radius 3 is 2.32 bits per heavy atom. The number of hydrogen-bond donors (Lipinski definition) is 1. The van der Waals surface area contributed by atoms with Crippen LogP contribution in [0, 0.1) is 0 Å². The van der Waals surface area contributed by atoms with E-state index in [-0.39, 0.29) is 29.6 Å². The third-order valence-electron chi connectivity index (χ3n) is 4.37. The predicted molar refractivity (Wildman–Crippen MR) is 118 cm³/mol. The average molecular weight is 407 g/mol. The molecule has 0 spiro atoms. The highest BCUT2D eigenvalue weighted by Crippen LogP contribution is 2.39. The van der Waals surface area contributed by atoms with E-state index in [4.69, 9.17) is 0 Å². The minimum absolute atomic E-state index is 0. The van der Waals surface area contributed by atoms with Crippen molar-refractivity contribution >= 4 is 36.6 Å². The Labute approximate surface area is 171 Å². The fourth-order valence-corrected chi connectivity index (χ4v) is 4.42. The lowest BCUT2D eigenvalue weighted by atomic mass is 9.98. The first kappa shape index (κ1) is 25.1. The molecular weight excluding hydrogens is 371 g/mol. The van der Waals surface area contributed by atoms with Crippen LogP contribution in [0.2, 0.25) is 0 Å². The number of unbranched alkanes of at least 4 members (excludes halogenated alkanes) is 2. The Balaban J connectivity index is 0.00000288. The zero-order valence-corrected chi connectivity index (χ0v) is 18.7. The van der Waals surface area contributed by atoms with Crippen molar-refractivity contribution in [2.45, 2.75) is 69.1 Å². The normalized spacial score (nSPS) is 16.6. The van der Waals surface area contributed by atoms with Crippen LogP contribution in [0.4, 0.5) is 0 Å². The Kier molecular flexibility index (Phi) is 12.5. The summed E-state index contributed by atoms with van der Waals surface area (Å²) < 4.78 is 0.257. The number of rotatable bonds is 7. The van der Waals surface area contributed by atoms with Gasteiger partial charge in [-0.3, -0.25) is 4.90 Å². The highest BCUT2D eigenvalue weighted by atomic mass is 35.5. The maximum Gasteiger partial charge on any atom is 0.0360 e. The molecule has 0 bridgehead atoms. The van der Waals surface area contributed by atoms with Crippen LogP contribution < -0.4 is 5.32 Å². The molecule has 1 aromatic rings. The van der Waals surface area contributed by atoms with Crippen molar-refractivity contribution in [3.05, 3.63) is 29.8 Å². The Morgan fingerprint density at radius 1 is 1.08 bits per heavy atom. The van der Waals surface area contributed by atoms with Crippen LogP contribution in [0.3, 0.4) is 0 Å². The van der Waals surface area contributed by atoms with Crippen LogP contribution in [0.5, 0.6) is 0 Å². The molecule has 0 radical (unpaired) electrons. The standard InChI is InChI=1S/C20H34N2S.2ClH/c1-5-6-7-11-18(22-15-13-21-14-16-22)17-10-8-9-12-19(17)23-20(2,3)4;;/h8-10,12,18,21H,5-7,11,13-16H2,1-4H3;2*1H/t18-;;/m0../s1. The van der Waals surface area contributed by atoms with Gasteiger partial charge in [-0.15, -0.1) is 36.6 Å². The molecule has 2 nitrogen and oxygen atoms in total. The minimum Gasteiger partial charge on any atom is -0.314 e. The first-order valence-electron chi connectivity index (χ1n) is 9.24. The van der Waals surface area contributed by atoms with E-state index in [9.17, 15) is 0 Å². The SMILES string of the molecule is CCCCC[C@@H](c1ccccc1SC(C)(C)C)N1CCNCC1.Cl.Cl. The number of piperazine rings is 1. The largest absolute Gasteiger partial charge is 0.314 e. The van der Waals surface area contributed by atoms with Gasteiger partial charge in [0.2, 0.25) is 0 Å². The van der Waals surface area contributed by atoms with Crippen molar-refractivity contribution in [1.82, 2.24) is 10.2 Å². The van der Waals surface area contributed by atoms with Crippen molar-refractivity contribution in [1.29, 1.82) is 0 Å². The summed E-state index contributed by atoms with van der Waals surface area (Å²) in [6.45, 7) is 13.8. The maximum absolute atomic E-state index is 3.49. The molecular formula is C20H36Cl2N2S. The molecule has 1 N–H and O–H groups in total. The van der Waals surface area contributed by atoms with E-state index in [1.165, 1.54) is 43.7 Å². The molecule has 1 atom stereocenters. The average Bonchev–Trinajstić information content (AvgIpc) is 2.52. The first-order valence-corrected chi connectivity index (χ1v) is 10.1. The summed E-state index contributed by atoms with van der Waals surface area (Å²) in [7, 11) is 0. The molecule has 146 valence electrons. The molecule has 2 rings (SSSR count). The number of hydrogen-bond acceptors (Lipinski definition) is 3. The third kappa shape index (κ3) is 8.53. The number of nitrogens with one attached hydrogen (secondary N) is 1. The summed E-state index contributed by atoms with van der Waals surface area (Å²) in [5.41, 5.74) is 1.55. The van der Waals surface area contributed by atoms with Gasteiger partial charge < -0.3 is 5.32 Å². The zero-order valence-electron chi connectivity index (χ0n) is 16.2. The topological polar surface area (TPSA) is 15.3 Å². The fraction of sp³-hybridized carbons (Fsp3) is 0.700. The molecule has 0 amide bonds. The van der Waals surface area contributed by atoms with E-state index in [0.717, 1.165) is 13.1 Å². The second kappa shape index (κ2) is 12.5. The van der Waals surface area contributed by atoms with Gasteiger partial charge in [0.1, 0.15) is 0 Å². The third-order valence-corrected chi connectivity index (χ3v) is 5.57. The van der Waals surface area contributed by atoms with Gasteiger partial charge >= 0.3 is 0 Å². The lowest BCUT2D eigenvalue weighted by Gasteiger charge is -2.36. The molecule has 1 saturated heterocycles. The van der Waals surface area contributed by atoms with Crippen molar-refractivity contribution < 1.29 is 0 Å². The lowest BCUT2D eigenvalue weighted by Crippen LogP contribution is -2.45. The van der Waals surface area contributed by atoms with E-state index in [2.05, 4.69) is 62.2 Å². The summed E-state index contributed by atoms with van der Waals surface area (Å²) in [4.78, 5) is 4.17. The van der Waals surface area contributed by atoms with Gasteiger partial charge in [-0.1, -0.05) is 65.2 Å². The van der Waals surface area contributed by atoms with Gasteiger partial charge in [-0.05, 0) is 18.1 Å². The Morgan fingerprint density at radius 2 is 1.72 bits per heavy atom. The molecule has 0 unspecified atom stereocenters. The smallest absolute Gasteiger partial charge is 0.0360 e. The molecule has 0 saturated carbocycles. The molecule has 0 aliphatic carbocycles. The second-order valence-corrected chi connectivity index (χ2v) is 9.42. The monoisotopic (exact) mass is 406 g/mol. The van der Waals surface area contributed by atoms with Gasteiger partial charge in [0.25, 0.3) is 0 Å². The quantitative estimate of drug-likeness (QED) is 0.444. The van der Waals surface area contributed by atoms with E-state index in [0.29, 0.717) is 6.04 Å². The van der Waals surface area contributed by atoms with Crippen molar-refractivity contribution in [2.75, 3.05) is 26.2 Å². The van der Waals surface area contributed by atoms with Crippen LogP contribution in [-0.2, 0) is 0 Å². The number of halogens is 2. The maximum atomic E-state index is 3.49. The summed E-state index contributed by atoms with van der Waals surface area (Å²) in [6, 6.07) is 9.68. The Hall–Kier alpha value is 0.0700.